The van der Waals surface area contributed by atoms with Crippen LogP contribution in [0.1, 0.15) is 6.29 Å². The summed E-state index contributed by atoms with van der Waals surface area (Å²) in [5.41, 5.74) is 7.79. The molecule has 3 aromatic heterocycles. The van der Waals surface area contributed by atoms with Gasteiger partial charge in [-0.15, -0.1) is 0 Å². The lowest BCUT2D eigenvalue weighted by Gasteiger charge is -2.24. The molecule has 8 aromatic rings. The van der Waals surface area contributed by atoms with E-state index >= 15 is 0 Å². The zero-order chi connectivity index (χ0) is 27.8. The van der Waals surface area contributed by atoms with E-state index in [1.54, 1.807) is 0 Å². The van der Waals surface area contributed by atoms with Gasteiger partial charge in [-0.1, -0.05) is 91.0 Å². The molecule has 0 bridgehead atoms. The summed E-state index contributed by atoms with van der Waals surface area (Å²) in [6.07, 6.45) is 1.67. The molecule has 6 nitrogen and oxygen atoms in total. The number of fused-ring (bicyclic) bond motifs is 8. The zero-order valence-corrected chi connectivity index (χ0v) is 22.9. The third kappa shape index (κ3) is 3.14. The molecule has 200 valence electrons. The van der Waals surface area contributed by atoms with E-state index in [2.05, 4.69) is 130 Å². The fourth-order valence-corrected chi connectivity index (χ4v) is 6.71. The lowest BCUT2D eigenvalue weighted by atomic mass is 10.1. The molecule has 1 aliphatic heterocycles. The van der Waals surface area contributed by atoms with Crippen LogP contribution in [0.15, 0.2) is 128 Å². The van der Waals surface area contributed by atoms with Crippen molar-refractivity contribution in [3.05, 3.63) is 128 Å². The molecule has 0 radical (unpaired) electrons. The summed E-state index contributed by atoms with van der Waals surface area (Å²) in [7, 11) is 2.08. The standard InChI is InChI=1S/C36H26N6/c1-40-35-34(38-28(22-37-35)23-12-4-2-5-13-23)39-36(40)42-30-19-11-9-17-27(30)32-31(42)21-20-26-25-16-8-10-18-29(25)41(33(26)32)24-14-6-3-7-15-24/h2-22,36H,1H3,(H,38,39). The van der Waals surface area contributed by atoms with E-state index in [1.807, 2.05) is 24.4 Å². The number of hydrogen-bond acceptors (Lipinski definition) is 4. The van der Waals surface area contributed by atoms with Gasteiger partial charge in [0, 0.05) is 39.8 Å². The zero-order valence-electron chi connectivity index (χ0n) is 22.9. The van der Waals surface area contributed by atoms with E-state index in [1.165, 1.54) is 32.6 Å². The van der Waals surface area contributed by atoms with Gasteiger partial charge in [0.05, 0.1) is 34.0 Å². The number of aromatic nitrogens is 4. The number of anilines is 2. The van der Waals surface area contributed by atoms with E-state index in [0.29, 0.717) is 0 Å². The SMILES string of the molecule is CN1c2ncc(-c3ccccc3)nc2NC1n1c2ccccc2c2c3c(ccc21)c1ccccc1n3-c1ccccc1. The van der Waals surface area contributed by atoms with Crippen LogP contribution in [-0.4, -0.2) is 26.1 Å². The Kier molecular flexibility index (Phi) is 4.78. The molecular weight excluding hydrogens is 516 g/mol. The Morgan fingerprint density at radius 3 is 2.14 bits per heavy atom. The molecule has 0 amide bonds. The first-order valence-corrected chi connectivity index (χ1v) is 14.2. The first kappa shape index (κ1) is 23.1. The second-order valence-electron chi connectivity index (χ2n) is 10.9. The average molecular weight is 543 g/mol. The first-order valence-electron chi connectivity index (χ1n) is 14.2. The van der Waals surface area contributed by atoms with Crippen LogP contribution in [0.3, 0.4) is 0 Å². The molecule has 9 rings (SSSR count). The van der Waals surface area contributed by atoms with E-state index < -0.39 is 0 Å². The second-order valence-corrected chi connectivity index (χ2v) is 10.9. The Labute approximate surface area is 242 Å². The first-order chi connectivity index (χ1) is 20.8. The van der Waals surface area contributed by atoms with Crippen molar-refractivity contribution < 1.29 is 0 Å². The summed E-state index contributed by atoms with van der Waals surface area (Å²) in [4.78, 5) is 12.0. The van der Waals surface area contributed by atoms with Crippen LogP contribution in [0, 0.1) is 0 Å². The van der Waals surface area contributed by atoms with Crippen LogP contribution < -0.4 is 10.2 Å². The van der Waals surface area contributed by atoms with Crippen molar-refractivity contribution in [3.63, 3.8) is 0 Å². The molecule has 1 unspecified atom stereocenters. The van der Waals surface area contributed by atoms with Gasteiger partial charge < -0.3 is 19.4 Å². The van der Waals surface area contributed by atoms with Gasteiger partial charge in [0.25, 0.3) is 0 Å². The molecule has 0 spiro atoms. The van der Waals surface area contributed by atoms with Crippen LogP contribution in [0.4, 0.5) is 11.6 Å². The third-order valence-electron chi connectivity index (χ3n) is 8.56. The molecule has 0 saturated heterocycles. The summed E-state index contributed by atoms with van der Waals surface area (Å²) >= 11 is 0. The summed E-state index contributed by atoms with van der Waals surface area (Å²) in [5.74, 6) is 1.62. The summed E-state index contributed by atoms with van der Waals surface area (Å²) < 4.78 is 4.81. The van der Waals surface area contributed by atoms with Crippen molar-refractivity contribution >= 4 is 55.2 Å². The predicted molar refractivity (Wildman–Crippen MR) is 172 cm³/mol. The van der Waals surface area contributed by atoms with Gasteiger partial charge >= 0.3 is 0 Å². The Bertz CT molecular complexity index is 2300. The van der Waals surface area contributed by atoms with Crippen molar-refractivity contribution in [3.8, 4) is 16.9 Å². The fourth-order valence-electron chi connectivity index (χ4n) is 6.71. The largest absolute Gasteiger partial charge is 0.329 e. The molecule has 6 heteroatoms. The smallest absolute Gasteiger partial charge is 0.185 e. The number of para-hydroxylation sites is 3. The molecule has 0 aliphatic carbocycles. The number of nitrogens with zero attached hydrogens (tertiary/aromatic N) is 5. The van der Waals surface area contributed by atoms with Crippen molar-refractivity contribution in [1.82, 2.24) is 19.1 Å². The normalized spacial score (nSPS) is 14.7. The lowest BCUT2D eigenvalue weighted by molar-refractivity contribution is 0.603. The molecule has 1 N–H and O–H groups in total. The highest BCUT2D eigenvalue weighted by molar-refractivity contribution is 6.25. The van der Waals surface area contributed by atoms with Gasteiger partial charge in [0.1, 0.15) is 0 Å². The van der Waals surface area contributed by atoms with Crippen molar-refractivity contribution in [2.45, 2.75) is 6.29 Å². The molecule has 1 aliphatic rings. The molecule has 42 heavy (non-hydrogen) atoms. The Hall–Kier alpha value is -5.62. The topological polar surface area (TPSA) is 50.9 Å². The highest BCUT2D eigenvalue weighted by Gasteiger charge is 2.33. The van der Waals surface area contributed by atoms with Crippen LogP contribution >= 0.6 is 0 Å². The number of rotatable bonds is 3. The maximum absolute atomic E-state index is 4.99. The van der Waals surface area contributed by atoms with Gasteiger partial charge in [-0.25, -0.2) is 9.97 Å². The van der Waals surface area contributed by atoms with E-state index in [9.17, 15) is 0 Å². The van der Waals surface area contributed by atoms with Crippen LogP contribution in [-0.2, 0) is 0 Å². The van der Waals surface area contributed by atoms with Gasteiger partial charge in [-0.3, -0.25) is 0 Å². The average Bonchev–Trinajstić information content (AvgIpc) is 3.68. The maximum atomic E-state index is 4.99. The highest BCUT2D eigenvalue weighted by atomic mass is 15.5. The number of benzene rings is 5. The fraction of sp³-hybridized carbons (Fsp3) is 0.0556. The van der Waals surface area contributed by atoms with Crippen molar-refractivity contribution in [2.24, 2.45) is 0 Å². The molecule has 1 atom stereocenters. The Morgan fingerprint density at radius 2 is 1.33 bits per heavy atom. The molecule has 5 aromatic carbocycles. The molecule has 4 heterocycles. The van der Waals surface area contributed by atoms with Gasteiger partial charge in [-0.05, 0) is 30.3 Å². The molecule has 0 saturated carbocycles. The Morgan fingerprint density at radius 1 is 0.643 bits per heavy atom. The Balaban J connectivity index is 1.32. The minimum atomic E-state index is -0.194. The molecule has 0 fully saturated rings. The minimum absolute atomic E-state index is 0.194. The number of nitrogens with one attached hydrogen (secondary N) is 1. The summed E-state index contributed by atoms with van der Waals surface area (Å²) in [5, 5.41) is 8.66. The summed E-state index contributed by atoms with van der Waals surface area (Å²) in [6, 6.07) is 42.8. The monoisotopic (exact) mass is 542 g/mol. The van der Waals surface area contributed by atoms with Gasteiger partial charge in [0.15, 0.2) is 17.9 Å². The molecular formula is C36H26N6. The number of hydrogen-bond donors (Lipinski definition) is 1. The van der Waals surface area contributed by atoms with Crippen LogP contribution in [0.5, 0.6) is 0 Å². The second kappa shape index (κ2) is 8.69. The lowest BCUT2D eigenvalue weighted by Crippen LogP contribution is -2.29. The maximum Gasteiger partial charge on any atom is 0.185 e. The van der Waals surface area contributed by atoms with E-state index in [-0.39, 0.29) is 6.29 Å². The van der Waals surface area contributed by atoms with Gasteiger partial charge in [-0.2, -0.15) is 0 Å². The quantitative estimate of drug-likeness (QED) is 0.244. The summed E-state index contributed by atoms with van der Waals surface area (Å²) in [6.45, 7) is 0. The van der Waals surface area contributed by atoms with E-state index in [4.69, 9.17) is 9.97 Å². The van der Waals surface area contributed by atoms with Gasteiger partial charge in [0.2, 0.25) is 0 Å². The van der Waals surface area contributed by atoms with Crippen molar-refractivity contribution in [1.29, 1.82) is 0 Å². The van der Waals surface area contributed by atoms with Crippen LogP contribution in [0.2, 0.25) is 0 Å². The third-order valence-corrected chi connectivity index (χ3v) is 8.56. The highest BCUT2D eigenvalue weighted by Crippen LogP contribution is 2.44. The minimum Gasteiger partial charge on any atom is -0.329 e. The van der Waals surface area contributed by atoms with E-state index in [0.717, 1.165) is 39.6 Å². The van der Waals surface area contributed by atoms with Crippen LogP contribution in [0.25, 0.3) is 60.6 Å². The van der Waals surface area contributed by atoms with Crippen molar-refractivity contribution in [2.75, 3.05) is 17.3 Å². The predicted octanol–water partition coefficient (Wildman–Crippen LogP) is 8.37.